The highest BCUT2D eigenvalue weighted by atomic mass is 19.3. The van der Waals surface area contributed by atoms with Crippen LogP contribution in [-0.2, 0) is 4.79 Å². The molecule has 88 valence electrons. The maximum absolute atomic E-state index is 12.1. The van der Waals surface area contributed by atoms with Crippen LogP contribution < -0.4 is 10.9 Å². The first-order valence-corrected chi connectivity index (χ1v) is 4.90. The van der Waals surface area contributed by atoms with Crippen LogP contribution in [0.4, 0.5) is 14.5 Å². The fourth-order valence-electron chi connectivity index (χ4n) is 1.25. The zero-order valence-electron chi connectivity index (χ0n) is 9.15. The van der Waals surface area contributed by atoms with Crippen molar-refractivity contribution >= 4 is 11.6 Å². The van der Waals surface area contributed by atoms with Gasteiger partial charge in [-0.3, -0.25) is 4.79 Å². The standard InChI is InChI=1S/C11H14F2N2O/c1-7(2)8-3-5-9(6-4-8)15(14)11(16)10(12)13/h3-7,10H,14H2,1-2H3. The molecule has 1 rings (SSSR count). The third kappa shape index (κ3) is 2.76. The van der Waals surface area contributed by atoms with Crippen molar-refractivity contribution in [3.8, 4) is 0 Å². The third-order valence-corrected chi connectivity index (χ3v) is 2.26. The summed E-state index contributed by atoms with van der Waals surface area (Å²) in [5.41, 5.74) is 1.32. The number of alkyl halides is 2. The SMILES string of the molecule is CC(C)c1ccc(N(N)C(=O)C(F)F)cc1. The van der Waals surface area contributed by atoms with Gasteiger partial charge in [-0.2, -0.15) is 8.78 Å². The highest BCUT2D eigenvalue weighted by Crippen LogP contribution is 2.19. The second-order valence-electron chi connectivity index (χ2n) is 3.76. The monoisotopic (exact) mass is 228 g/mol. The quantitative estimate of drug-likeness (QED) is 0.490. The van der Waals surface area contributed by atoms with E-state index in [2.05, 4.69) is 0 Å². The van der Waals surface area contributed by atoms with Gasteiger partial charge in [0.2, 0.25) is 0 Å². The van der Waals surface area contributed by atoms with Crippen LogP contribution in [0, 0.1) is 0 Å². The van der Waals surface area contributed by atoms with Gasteiger partial charge in [0.25, 0.3) is 0 Å². The largest absolute Gasteiger partial charge is 0.317 e. The second-order valence-corrected chi connectivity index (χ2v) is 3.76. The number of carbonyl (C=O) groups is 1. The minimum atomic E-state index is -3.09. The van der Waals surface area contributed by atoms with E-state index in [0.717, 1.165) is 5.56 Å². The van der Waals surface area contributed by atoms with Crippen LogP contribution >= 0.6 is 0 Å². The van der Waals surface area contributed by atoms with Gasteiger partial charge in [-0.1, -0.05) is 26.0 Å². The highest BCUT2D eigenvalue weighted by molar-refractivity contribution is 5.94. The lowest BCUT2D eigenvalue weighted by Crippen LogP contribution is -2.41. The van der Waals surface area contributed by atoms with Crippen LogP contribution in [0.1, 0.15) is 25.3 Å². The molecule has 16 heavy (non-hydrogen) atoms. The number of carbonyl (C=O) groups excluding carboxylic acids is 1. The van der Waals surface area contributed by atoms with E-state index in [4.69, 9.17) is 5.84 Å². The molecule has 0 radical (unpaired) electrons. The molecule has 1 aromatic rings. The summed E-state index contributed by atoms with van der Waals surface area (Å²) < 4.78 is 24.2. The average Bonchev–Trinajstić information content (AvgIpc) is 2.27. The minimum Gasteiger partial charge on any atom is -0.266 e. The Bertz CT molecular complexity index is 363. The number of hydrogen-bond acceptors (Lipinski definition) is 2. The summed E-state index contributed by atoms with van der Waals surface area (Å²) >= 11 is 0. The maximum Gasteiger partial charge on any atom is 0.317 e. The van der Waals surface area contributed by atoms with Crippen molar-refractivity contribution in [1.29, 1.82) is 0 Å². The number of anilines is 1. The normalized spacial score (nSPS) is 10.9. The number of benzene rings is 1. The molecule has 0 spiro atoms. The van der Waals surface area contributed by atoms with E-state index in [1.165, 1.54) is 0 Å². The van der Waals surface area contributed by atoms with Crippen LogP contribution in [0.5, 0.6) is 0 Å². The number of nitrogens with two attached hydrogens (primary N) is 1. The van der Waals surface area contributed by atoms with Crippen molar-refractivity contribution in [2.75, 3.05) is 5.01 Å². The molecule has 0 heterocycles. The molecule has 0 saturated carbocycles. The Hall–Kier alpha value is -1.49. The van der Waals surface area contributed by atoms with Crippen LogP contribution in [0.3, 0.4) is 0 Å². The fraction of sp³-hybridized carbons (Fsp3) is 0.364. The molecular formula is C11H14F2N2O. The van der Waals surface area contributed by atoms with Crippen molar-refractivity contribution < 1.29 is 13.6 Å². The molecular weight excluding hydrogens is 214 g/mol. The summed E-state index contributed by atoms with van der Waals surface area (Å²) in [5, 5.41) is 0.467. The Labute approximate surface area is 92.8 Å². The average molecular weight is 228 g/mol. The lowest BCUT2D eigenvalue weighted by atomic mass is 10.0. The molecule has 0 aromatic heterocycles. The van der Waals surface area contributed by atoms with Crippen molar-refractivity contribution in [3.05, 3.63) is 29.8 Å². The number of hydrogen-bond donors (Lipinski definition) is 1. The number of nitrogens with zero attached hydrogens (tertiary/aromatic N) is 1. The van der Waals surface area contributed by atoms with Crippen molar-refractivity contribution in [3.63, 3.8) is 0 Å². The molecule has 0 aliphatic rings. The van der Waals surface area contributed by atoms with E-state index < -0.39 is 12.3 Å². The van der Waals surface area contributed by atoms with Crippen LogP contribution in [-0.4, -0.2) is 12.3 Å². The van der Waals surface area contributed by atoms with Crippen LogP contribution in [0.15, 0.2) is 24.3 Å². The predicted molar refractivity (Wildman–Crippen MR) is 58.2 cm³/mol. The van der Waals surface area contributed by atoms with Gasteiger partial charge in [0.1, 0.15) is 0 Å². The summed E-state index contributed by atoms with van der Waals surface area (Å²) in [6, 6.07) is 6.63. The molecule has 0 aliphatic carbocycles. The molecule has 1 amide bonds. The van der Waals surface area contributed by atoms with Gasteiger partial charge in [0.05, 0.1) is 5.69 Å². The first-order chi connectivity index (χ1) is 7.43. The van der Waals surface area contributed by atoms with Crippen LogP contribution in [0.2, 0.25) is 0 Å². The molecule has 2 N–H and O–H groups in total. The lowest BCUT2D eigenvalue weighted by molar-refractivity contribution is -0.129. The molecule has 0 unspecified atom stereocenters. The van der Waals surface area contributed by atoms with Gasteiger partial charge in [-0.05, 0) is 23.6 Å². The smallest absolute Gasteiger partial charge is 0.266 e. The second kappa shape index (κ2) is 5.03. The predicted octanol–water partition coefficient (Wildman–Crippen LogP) is 2.28. The highest BCUT2D eigenvalue weighted by Gasteiger charge is 2.21. The molecule has 1 aromatic carbocycles. The minimum absolute atomic E-state index is 0.259. The van der Waals surface area contributed by atoms with E-state index in [0.29, 0.717) is 10.9 Å². The molecule has 5 heteroatoms. The number of halogens is 2. The summed E-state index contributed by atoms with van der Waals surface area (Å²) in [6.07, 6.45) is -3.09. The number of hydrazine groups is 1. The van der Waals surface area contributed by atoms with Crippen molar-refractivity contribution in [2.24, 2.45) is 5.84 Å². The van der Waals surface area contributed by atoms with Gasteiger partial charge >= 0.3 is 12.3 Å². The molecule has 0 aliphatic heterocycles. The summed E-state index contributed by atoms with van der Waals surface area (Å²) in [7, 11) is 0. The van der Waals surface area contributed by atoms with Crippen LogP contribution in [0.25, 0.3) is 0 Å². The summed E-state index contributed by atoms with van der Waals surface area (Å²) in [6.45, 7) is 4.03. The number of amides is 1. The first-order valence-electron chi connectivity index (χ1n) is 4.90. The zero-order chi connectivity index (χ0) is 12.3. The fourth-order valence-corrected chi connectivity index (χ4v) is 1.25. The van der Waals surface area contributed by atoms with Gasteiger partial charge in [-0.25, -0.2) is 10.9 Å². The third-order valence-electron chi connectivity index (χ3n) is 2.26. The van der Waals surface area contributed by atoms with Crippen molar-refractivity contribution in [2.45, 2.75) is 26.2 Å². The van der Waals surface area contributed by atoms with Crippen molar-refractivity contribution in [1.82, 2.24) is 0 Å². The molecule has 0 atom stereocenters. The van der Waals surface area contributed by atoms with Gasteiger partial charge in [-0.15, -0.1) is 0 Å². The van der Waals surface area contributed by atoms with Gasteiger partial charge < -0.3 is 0 Å². The van der Waals surface area contributed by atoms with Gasteiger partial charge in [0.15, 0.2) is 0 Å². The Morgan fingerprint density at radius 1 is 1.25 bits per heavy atom. The maximum atomic E-state index is 12.1. The number of rotatable bonds is 3. The summed E-state index contributed by atoms with van der Waals surface area (Å²) in [5.74, 6) is 4.20. The van der Waals surface area contributed by atoms with E-state index >= 15 is 0 Å². The molecule has 0 bridgehead atoms. The summed E-state index contributed by atoms with van der Waals surface area (Å²) in [4.78, 5) is 10.9. The Kier molecular flexibility index (Phi) is 3.95. The van der Waals surface area contributed by atoms with E-state index in [1.807, 2.05) is 13.8 Å². The van der Waals surface area contributed by atoms with E-state index in [9.17, 15) is 13.6 Å². The van der Waals surface area contributed by atoms with E-state index in [1.54, 1.807) is 24.3 Å². The Morgan fingerprint density at radius 3 is 2.12 bits per heavy atom. The Morgan fingerprint density at radius 2 is 1.75 bits per heavy atom. The molecule has 3 nitrogen and oxygen atoms in total. The topological polar surface area (TPSA) is 46.3 Å². The van der Waals surface area contributed by atoms with Gasteiger partial charge in [0, 0.05) is 0 Å². The molecule has 0 saturated heterocycles. The lowest BCUT2D eigenvalue weighted by Gasteiger charge is -2.16. The zero-order valence-corrected chi connectivity index (χ0v) is 9.15. The van der Waals surface area contributed by atoms with E-state index in [-0.39, 0.29) is 5.69 Å². The first kappa shape index (κ1) is 12.6. The molecule has 0 fully saturated rings. The Balaban J connectivity index is 2.85.